The molecule has 4 rings (SSSR count). The Balaban J connectivity index is 1.47. The van der Waals surface area contributed by atoms with E-state index in [-0.39, 0.29) is 24.9 Å². The van der Waals surface area contributed by atoms with E-state index in [1.54, 1.807) is 37.4 Å². The smallest absolute Gasteiger partial charge is 0.387 e. The molecule has 32 heavy (non-hydrogen) atoms. The van der Waals surface area contributed by atoms with Crippen molar-refractivity contribution in [1.82, 2.24) is 0 Å². The first-order valence-corrected chi connectivity index (χ1v) is 9.93. The molecule has 0 bridgehead atoms. The van der Waals surface area contributed by atoms with Crippen molar-refractivity contribution in [2.45, 2.75) is 19.5 Å². The Hall–Kier alpha value is -3.81. The Morgan fingerprint density at radius 3 is 2.56 bits per heavy atom. The first kappa shape index (κ1) is 21.4. The first-order chi connectivity index (χ1) is 15.5. The van der Waals surface area contributed by atoms with Gasteiger partial charge in [0.25, 0.3) is 0 Å². The van der Waals surface area contributed by atoms with Gasteiger partial charge in [-0.2, -0.15) is 8.78 Å². The van der Waals surface area contributed by atoms with Crippen LogP contribution in [-0.2, 0) is 11.2 Å². The van der Waals surface area contributed by atoms with E-state index in [9.17, 15) is 13.6 Å². The highest BCUT2D eigenvalue weighted by atomic mass is 19.3. The van der Waals surface area contributed by atoms with Gasteiger partial charge >= 0.3 is 6.61 Å². The lowest BCUT2D eigenvalue weighted by Crippen LogP contribution is -2.12. The molecule has 0 radical (unpaired) electrons. The van der Waals surface area contributed by atoms with Crippen molar-refractivity contribution in [2.24, 2.45) is 0 Å². The van der Waals surface area contributed by atoms with Gasteiger partial charge in [0.1, 0.15) is 11.5 Å². The number of hydrogen-bond donors (Lipinski definition) is 1. The summed E-state index contributed by atoms with van der Waals surface area (Å²) in [5.41, 5.74) is 2.51. The van der Waals surface area contributed by atoms with Gasteiger partial charge in [0.2, 0.25) is 12.7 Å². The molecule has 0 saturated carbocycles. The number of halogens is 2. The van der Waals surface area contributed by atoms with E-state index >= 15 is 0 Å². The molecular weight excluding hydrogens is 420 g/mol. The topological polar surface area (TPSA) is 66.0 Å². The number of nitrogens with one attached hydrogen (secondary N) is 1. The third kappa shape index (κ3) is 5.08. The third-order valence-corrected chi connectivity index (χ3v) is 4.96. The van der Waals surface area contributed by atoms with Crippen molar-refractivity contribution >= 4 is 11.6 Å². The van der Waals surface area contributed by atoms with E-state index in [0.29, 0.717) is 40.5 Å². The predicted octanol–water partition coefficient (Wildman–Crippen LogP) is 5.26. The summed E-state index contributed by atoms with van der Waals surface area (Å²) in [6.45, 7) is -2.77. The molecular formula is C24H21F2NO5. The maximum Gasteiger partial charge on any atom is 0.387 e. The fourth-order valence-electron chi connectivity index (χ4n) is 3.38. The van der Waals surface area contributed by atoms with Gasteiger partial charge in [0, 0.05) is 17.7 Å². The standard InChI is InChI=1S/C24H21F2NO5/c1-29-18-7-4-16(5-8-18)19-13-17(6-10-20(19)32-24(25)26)27-23(28)11-3-15-2-9-21-22(12-15)31-14-30-21/h2,4-10,12-13,24H,3,11,14H2,1H3,(H,27,28). The number of hydrogen-bond acceptors (Lipinski definition) is 5. The van der Waals surface area contributed by atoms with E-state index < -0.39 is 6.61 Å². The monoisotopic (exact) mass is 441 g/mol. The largest absolute Gasteiger partial charge is 0.497 e. The van der Waals surface area contributed by atoms with Crippen molar-refractivity contribution in [3.05, 3.63) is 66.2 Å². The van der Waals surface area contributed by atoms with Crippen LogP contribution in [0.15, 0.2) is 60.7 Å². The van der Waals surface area contributed by atoms with Crippen LogP contribution < -0.4 is 24.3 Å². The molecule has 0 atom stereocenters. The number of benzene rings is 3. The lowest BCUT2D eigenvalue weighted by molar-refractivity contribution is -0.116. The number of anilines is 1. The number of aryl methyl sites for hydroxylation is 1. The molecule has 0 aromatic heterocycles. The van der Waals surface area contributed by atoms with Crippen molar-refractivity contribution in [3.63, 3.8) is 0 Å². The van der Waals surface area contributed by atoms with Gasteiger partial charge in [-0.25, -0.2) is 0 Å². The van der Waals surface area contributed by atoms with Gasteiger partial charge < -0.3 is 24.3 Å². The quantitative estimate of drug-likeness (QED) is 0.516. The number of amides is 1. The summed E-state index contributed by atoms with van der Waals surface area (Å²) in [4.78, 5) is 12.5. The number of alkyl halides is 2. The fraction of sp³-hybridized carbons (Fsp3) is 0.208. The summed E-state index contributed by atoms with van der Waals surface area (Å²) in [7, 11) is 1.54. The number of carbonyl (C=O) groups is 1. The zero-order valence-electron chi connectivity index (χ0n) is 17.3. The Bertz CT molecular complexity index is 1100. The number of methoxy groups -OCH3 is 1. The zero-order valence-corrected chi connectivity index (χ0v) is 17.3. The van der Waals surface area contributed by atoms with Gasteiger partial charge in [0.05, 0.1) is 7.11 Å². The highest BCUT2D eigenvalue weighted by Crippen LogP contribution is 2.35. The highest BCUT2D eigenvalue weighted by Gasteiger charge is 2.15. The molecule has 0 aliphatic carbocycles. The molecule has 3 aromatic rings. The summed E-state index contributed by atoms with van der Waals surface area (Å²) in [5.74, 6) is 1.81. The molecule has 0 fully saturated rings. The van der Waals surface area contributed by atoms with Crippen LogP contribution in [0, 0.1) is 0 Å². The van der Waals surface area contributed by atoms with Crippen molar-refractivity contribution in [2.75, 3.05) is 19.2 Å². The number of carbonyl (C=O) groups excluding carboxylic acids is 1. The van der Waals surface area contributed by atoms with Gasteiger partial charge in [-0.15, -0.1) is 0 Å². The Kier molecular flexibility index (Phi) is 6.39. The molecule has 1 amide bonds. The molecule has 3 aromatic carbocycles. The SMILES string of the molecule is COc1ccc(-c2cc(NC(=O)CCc3ccc4c(c3)OCO4)ccc2OC(F)F)cc1. The normalized spacial score (nSPS) is 12.0. The van der Waals surface area contributed by atoms with Gasteiger partial charge in [-0.3, -0.25) is 4.79 Å². The van der Waals surface area contributed by atoms with Crippen molar-refractivity contribution in [1.29, 1.82) is 0 Å². The molecule has 0 unspecified atom stereocenters. The van der Waals surface area contributed by atoms with Crippen LogP contribution in [0.25, 0.3) is 11.1 Å². The minimum Gasteiger partial charge on any atom is -0.497 e. The molecule has 6 nitrogen and oxygen atoms in total. The first-order valence-electron chi connectivity index (χ1n) is 9.93. The number of fused-ring (bicyclic) bond motifs is 1. The zero-order chi connectivity index (χ0) is 22.5. The van der Waals surface area contributed by atoms with E-state index in [4.69, 9.17) is 14.2 Å². The fourth-order valence-corrected chi connectivity index (χ4v) is 3.38. The summed E-state index contributed by atoms with van der Waals surface area (Å²) in [6, 6.07) is 17.0. The second-order valence-electron chi connectivity index (χ2n) is 7.05. The van der Waals surface area contributed by atoms with Crippen molar-refractivity contribution < 1.29 is 32.5 Å². The van der Waals surface area contributed by atoms with Crippen LogP contribution in [0.5, 0.6) is 23.0 Å². The van der Waals surface area contributed by atoms with Gasteiger partial charge in [-0.1, -0.05) is 18.2 Å². The maximum absolute atomic E-state index is 12.9. The van der Waals surface area contributed by atoms with Crippen LogP contribution in [0.4, 0.5) is 14.5 Å². The van der Waals surface area contributed by atoms with Crippen LogP contribution >= 0.6 is 0 Å². The number of rotatable bonds is 8. The van der Waals surface area contributed by atoms with E-state index in [1.165, 1.54) is 12.1 Å². The Morgan fingerprint density at radius 1 is 1.03 bits per heavy atom. The minimum absolute atomic E-state index is 0.0172. The molecule has 1 N–H and O–H groups in total. The van der Waals surface area contributed by atoms with Gasteiger partial charge in [0.15, 0.2) is 11.5 Å². The number of ether oxygens (including phenoxy) is 4. The average molecular weight is 441 g/mol. The molecule has 166 valence electrons. The predicted molar refractivity (Wildman–Crippen MR) is 115 cm³/mol. The lowest BCUT2D eigenvalue weighted by Gasteiger charge is -2.14. The highest BCUT2D eigenvalue weighted by molar-refractivity contribution is 5.92. The second kappa shape index (κ2) is 9.55. The summed E-state index contributed by atoms with van der Waals surface area (Å²) in [5, 5.41) is 2.82. The van der Waals surface area contributed by atoms with Crippen molar-refractivity contribution in [3.8, 4) is 34.1 Å². The van der Waals surface area contributed by atoms with Gasteiger partial charge in [-0.05, 0) is 60.0 Å². The summed E-state index contributed by atoms with van der Waals surface area (Å²) in [6.07, 6.45) is 0.757. The van der Waals surface area contributed by atoms with Crippen LogP contribution in [0.2, 0.25) is 0 Å². The van der Waals surface area contributed by atoms with Crippen LogP contribution in [-0.4, -0.2) is 26.4 Å². The maximum atomic E-state index is 12.9. The molecule has 8 heteroatoms. The molecule has 1 aliphatic rings. The summed E-state index contributed by atoms with van der Waals surface area (Å²) < 4.78 is 46.2. The molecule has 0 spiro atoms. The molecule has 0 saturated heterocycles. The third-order valence-electron chi connectivity index (χ3n) is 4.96. The molecule has 1 aliphatic heterocycles. The van der Waals surface area contributed by atoms with Crippen LogP contribution in [0.1, 0.15) is 12.0 Å². The lowest BCUT2D eigenvalue weighted by atomic mass is 10.0. The summed E-state index contributed by atoms with van der Waals surface area (Å²) >= 11 is 0. The van der Waals surface area contributed by atoms with E-state index in [1.807, 2.05) is 18.2 Å². The van der Waals surface area contributed by atoms with E-state index in [2.05, 4.69) is 10.1 Å². The minimum atomic E-state index is -2.96. The molecule has 1 heterocycles. The van der Waals surface area contributed by atoms with E-state index in [0.717, 1.165) is 5.56 Å². The second-order valence-corrected chi connectivity index (χ2v) is 7.05. The Morgan fingerprint density at radius 2 is 1.81 bits per heavy atom. The average Bonchev–Trinajstić information content (AvgIpc) is 3.26. The van der Waals surface area contributed by atoms with Crippen LogP contribution in [0.3, 0.4) is 0 Å². The Labute approximate surface area is 183 Å².